The van der Waals surface area contributed by atoms with E-state index < -0.39 is 0 Å². The second-order valence-electron chi connectivity index (χ2n) is 11.5. The molecule has 0 spiro atoms. The average molecular weight is 382 g/mol. The lowest BCUT2D eigenvalue weighted by atomic mass is 10.1. The molecule has 0 atom stereocenters. The van der Waals surface area contributed by atoms with Crippen LogP contribution in [-0.4, -0.2) is 32.9 Å². The van der Waals surface area contributed by atoms with Crippen LogP contribution in [0.4, 0.5) is 0 Å². The van der Waals surface area contributed by atoms with Gasteiger partial charge in [-0.15, -0.1) is 0 Å². The fraction of sp³-hybridized carbons (Fsp3) is 0.783. The summed E-state index contributed by atoms with van der Waals surface area (Å²) in [4.78, 5) is 0. The molecule has 0 unspecified atom stereocenters. The molecule has 0 aromatic rings. The fourth-order valence-corrected chi connectivity index (χ4v) is 11.1. The predicted molar refractivity (Wildman–Crippen MR) is 122 cm³/mol. The van der Waals surface area contributed by atoms with Crippen LogP contribution in [0, 0.1) is 31.1 Å². The molecule has 1 saturated carbocycles. The molecule has 1 rings (SSSR count). The van der Waals surface area contributed by atoms with E-state index in [4.69, 9.17) is 0 Å². The third-order valence-corrected chi connectivity index (χ3v) is 12.6. The molecule has 25 heavy (non-hydrogen) atoms. The molecule has 0 aromatic carbocycles. The van der Waals surface area contributed by atoms with Crippen molar-refractivity contribution in [1.29, 1.82) is 0 Å². The molecule has 1 aliphatic rings. The molecule has 0 amide bonds. The van der Waals surface area contributed by atoms with Crippen LogP contribution in [0.5, 0.6) is 0 Å². The van der Waals surface area contributed by atoms with Crippen molar-refractivity contribution in [3.05, 3.63) is 31.1 Å². The lowest BCUT2D eigenvalue weighted by Gasteiger charge is -2.43. The standard InChI is InChI=1S/C23H43P2/c1-20(2,3)24(21(4,5)6)16-18-13-14-19(15-18)17-25(22(7,8)9)23(10,11)12/h13-15H,16-17H2,1-12H3. The van der Waals surface area contributed by atoms with Gasteiger partial charge in [0.2, 0.25) is 0 Å². The van der Waals surface area contributed by atoms with Crippen LogP contribution in [0.15, 0.2) is 0 Å². The van der Waals surface area contributed by atoms with Gasteiger partial charge >= 0.3 is 0 Å². The first kappa shape index (κ1) is 23.9. The highest BCUT2D eigenvalue weighted by atomic mass is 31.1. The van der Waals surface area contributed by atoms with Crippen LogP contribution in [0.2, 0.25) is 0 Å². The van der Waals surface area contributed by atoms with Crippen LogP contribution in [-0.2, 0) is 0 Å². The summed E-state index contributed by atoms with van der Waals surface area (Å²) >= 11 is 0. The van der Waals surface area contributed by atoms with E-state index in [2.05, 4.69) is 102 Å². The van der Waals surface area contributed by atoms with E-state index in [-0.39, 0.29) is 15.8 Å². The van der Waals surface area contributed by atoms with Crippen molar-refractivity contribution in [2.24, 2.45) is 0 Å². The minimum Gasteiger partial charge on any atom is -0.0950 e. The predicted octanol–water partition coefficient (Wildman–Crippen LogP) is 7.92. The normalized spacial score (nSPS) is 19.4. The Kier molecular flexibility index (Phi) is 7.72. The zero-order chi connectivity index (χ0) is 19.8. The molecule has 0 N–H and O–H groups in total. The largest absolute Gasteiger partial charge is 0.0950 e. The van der Waals surface area contributed by atoms with Crippen LogP contribution in [0.1, 0.15) is 83.1 Å². The van der Waals surface area contributed by atoms with Crippen molar-refractivity contribution >= 4 is 15.8 Å². The highest BCUT2D eigenvalue weighted by molar-refractivity contribution is 7.61. The Hall–Kier alpha value is 0.860. The maximum Gasteiger partial charge on any atom is -0.0121 e. The molecule has 0 saturated heterocycles. The first-order chi connectivity index (χ1) is 10.9. The Bertz CT molecular complexity index is 343. The third kappa shape index (κ3) is 7.41. The van der Waals surface area contributed by atoms with E-state index in [9.17, 15) is 0 Å². The quantitative estimate of drug-likeness (QED) is 0.434. The van der Waals surface area contributed by atoms with Gasteiger partial charge in [0.25, 0.3) is 0 Å². The number of hydrogen-bond donors (Lipinski definition) is 0. The van der Waals surface area contributed by atoms with Crippen LogP contribution in [0.3, 0.4) is 0 Å². The fourth-order valence-electron chi connectivity index (χ4n) is 4.07. The molecule has 145 valence electrons. The number of hydrogen-bond acceptors (Lipinski definition) is 0. The van der Waals surface area contributed by atoms with E-state index in [0.717, 1.165) is 0 Å². The number of rotatable bonds is 4. The highest BCUT2D eigenvalue weighted by Crippen LogP contribution is 2.64. The molecule has 0 bridgehead atoms. The topological polar surface area (TPSA) is 0 Å². The summed E-state index contributed by atoms with van der Waals surface area (Å²) in [6.07, 6.45) is 9.83. The van der Waals surface area contributed by atoms with E-state index in [1.165, 1.54) is 12.3 Å². The molecule has 0 heterocycles. The summed E-state index contributed by atoms with van der Waals surface area (Å²) in [6, 6.07) is 0. The van der Waals surface area contributed by atoms with Crippen molar-refractivity contribution in [3.8, 4) is 0 Å². The molecule has 0 aliphatic heterocycles. The van der Waals surface area contributed by atoms with E-state index >= 15 is 0 Å². The second-order valence-corrected chi connectivity index (χ2v) is 19.2. The summed E-state index contributed by atoms with van der Waals surface area (Å²) in [5.41, 5.74) is 0. The van der Waals surface area contributed by atoms with Gasteiger partial charge in [-0.25, -0.2) is 0 Å². The highest BCUT2D eigenvalue weighted by Gasteiger charge is 2.41. The van der Waals surface area contributed by atoms with Gasteiger partial charge in [-0.05, 0) is 64.0 Å². The molecule has 1 aliphatic carbocycles. The van der Waals surface area contributed by atoms with Gasteiger partial charge in [-0.2, -0.15) is 0 Å². The molecule has 2 heteroatoms. The van der Waals surface area contributed by atoms with Gasteiger partial charge < -0.3 is 0 Å². The second kappa shape index (κ2) is 8.08. The lowest BCUT2D eigenvalue weighted by molar-refractivity contribution is 0.704. The molecule has 5 radical (unpaired) electrons. The summed E-state index contributed by atoms with van der Waals surface area (Å²) in [6.45, 7) is 29.1. The van der Waals surface area contributed by atoms with Gasteiger partial charge in [-0.3, -0.25) is 0 Å². The van der Waals surface area contributed by atoms with Crippen LogP contribution in [0.25, 0.3) is 0 Å². The van der Waals surface area contributed by atoms with E-state index in [1.807, 2.05) is 0 Å². The smallest absolute Gasteiger partial charge is 0.0121 e. The molecule has 0 aromatic heterocycles. The van der Waals surface area contributed by atoms with Gasteiger partial charge in [0, 0.05) is 0 Å². The lowest BCUT2D eigenvalue weighted by Crippen LogP contribution is -2.29. The zero-order valence-electron chi connectivity index (χ0n) is 19.0. The van der Waals surface area contributed by atoms with Gasteiger partial charge in [0.05, 0.1) is 0 Å². The van der Waals surface area contributed by atoms with Crippen molar-refractivity contribution in [2.75, 3.05) is 12.3 Å². The summed E-state index contributed by atoms with van der Waals surface area (Å²) < 4.78 is 0. The summed E-state index contributed by atoms with van der Waals surface area (Å²) in [5.74, 6) is 3.12. The molecular weight excluding hydrogens is 338 g/mol. The van der Waals surface area contributed by atoms with Crippen molar-refractivity contribution in [1.82, 2.24) is 0 Å². The maximum atomic E-state index is 2.51. The first-order valence-electron chi connectivity index (χ1n) is 9.72. The minimum atomic E-state index is -0.0659. The van der Waals surface area contributed by atoms with E-state index in [1.54, 1.807) is 11.8 Å². The van der Waals surface area contributed by atoms with Gasteiger partial charge in [0.15, 0.2) is 0 Å². The van der Waals surface area contributed by atoms with Crippen molar-refractivity contribution < 1.29 is 0 Å². The monoisotopic (exact) mass is 381 g/mol. The molecule has 0 nitrogen and oxygen atoms in total. The van der Waals surface area contributed by atoms with E-state index in [0.29, 0.717) is 20.6 Å². The first-order valence-corrected chi connectivity index (χ1v) is 12.8. The minimum absolute atomic E-state index is 0.0659. The molecular formula is C23H43P2. The third-order valence-electron chi connectivity index (χ3n) is 4.80. The molecule has 1 fully saturated rings. The Balaban J connectivity index is 2.75. The zero-order valence-corrected chi connectivity index (χ0v) is 20.8. The maximum absolute atomic E-state index is 2.51. The van der Waals surface area contributed by atoms with Crippen LogP contribution >= 0.6 is 15.8 Å². The van der Waals surface area contributed by atoms with Crippen molar-refractivity contribution in [2.45, 2.75) is 104 Å². The summed E-state index contributed by atoms with van der Waals surface area (Å²) in [5, 5.41) is 1.59. The summed E-state index contributed by atoms with van der Waals surface area (Å²) in [7, 11) is -0.132. The Labute approximate surface area is 163 Å². The van der Waals surface area contributed by atoms with Gasteiger partial charge in [0.1, 0.15) is 0 Å². The Morgan fingerprint density at radius 3 is 0.960 bits per heavy atom. The van der Waals surface area contributed by atoms with Crippen LogP contribution < -0.4 is 0 Å². The van der Waals surface area contributed by atoms with Crippen molar-refractivity contribution in [3.63, 3.8) is 0 Å². The van der Waals surface area contributed by atoms with Gasteiger partial charge in [-0.1, -0.05) is 98.9 Å². The average Bonchev–Trinajstić information content (AvgIpc) is 2.75. The SMILES string of the molecule is CC(C)(C)P(C[C]1[CH][CH][C](CP(C(C)(C)C)C(C)(C)C)[CH]1)C(C)(C)C. The Morgan fingerprint density at radius 1 is 0.520 bits per heavy atom. The Morgan fingerprint density at radius 2 is 0.760 bits per heavy atom.